The fourth-order valence-corrected chi connectivity index (χ4v) is 2.15. The topological polar surface area (TPSA) is 71.4 Å². The predicted molar refractivity (Wildman–Crippen MR) is 72.7 cm³/mol. The molecule has 19 heavy (non-hydrogen) atoms. The Morgan fingerprint density at radius 2 is 1.89 bits per heavy atom. The Kier molecular flexibility index (Phi) is 5.60. The second kappa shape index (κ2) is 7.45. The van der Waals surface area contributed by atoms with Crippen molar-refractivity contribution >= 4 is 17.5 Å². The molecule has 106 valence electrons. The third-order valence-electron chi connectivity index (χ3n) is 3.00. The number of anilines is 1. The number of hydrogen-bond acceptors (Lipinski definition) is 6. The second-order valence-electron chi connectivity index (χ2n) is 4.51. The smallest absolute Gasteiger partial charge is 0.322 e. The van der Waals surface area contributed by atoms with E-state index in [-0.39, 0.29) is 17.9 Å². The molecule has 0 saturated carbocycles. The lowest BCUT2D eigenvalue weighted by atomic mass is 10.2. The van der Waals surface area contributed by atoms with E-state index in [0.29, 0.717) is 12.6 Å². The molecular formula is C12H19ClN4O2. The van der Waals surface area contributed by atoms with Crippen LogP contribution in [0, 0.1) is 0 Å². The highest BCUT2D eigenvalue weighted by Gasteiger charge is 2.17. The first-order valence-corrected chi connectivity index (χ1v) is 7.07. The Morgan fingerprint density at radius 1 is 1.11 bits per heavy atom. The van der Waals surface area contributed by atoms with Crippen molar-refractivity contribution in [1.29, 1.82) is 0 Å². The number of nitrogens with zero attached hydrogens (tertiary/aromatic N) is 4. The molecule has 2 heterocycles. The average molecular weight is 287 g/mol. The van der Waals surface area contributed by atoms with Crippen LogP contribution < -0.4 is 9.64 Å². The summed E-state index contributed by atoms with van der Waals surface area (Å²) in [6, 6.07) is 0.283. The quantitative estimate of drug-likeness (QED) is 0.769. The molecule has 0 bridgehead atoms. The van der Waals surface area contributed by atoms with Crippen LogP contribution in [0.15, 0.2) is 0 Å². The van der Waals surface area contributed by atoms with E-state index in [1.165, 1.54) is 0 Å². The van der Waals surface area contributed by atoms with Crippen LogP contribution in [-0.4, -0.2) is 46.4 Å². The highest BCUT2D eigenvalue weighted by Crippen LogP contribution is 2.19. The van der Waals surface area contributed by atoms with E-state index in [4.69, 9.17) is 21.4 Å². The number of halogens is 1. The minimum absolute atomic E-state index is 0.169. The average Bonchev–Trinajstić information content (AvgIpc) is 2.92. The first-order chi connectivity index (χ1) is 9.29. The maximum atomic E-state index is 8.68. The van der Waals surface area contributed by atoms with Gasteiger partial charge >= 0.3 is 6.01 Å². The highest BCUT2D eigenvalue weighted by atomic mass is 35.5. The fourth-order valence-electron chi connectivity index (χ4n) is 2.00. The number of unbranched alkanes of at least 4 members (excludes halogenated alkanes) is 2. The molecule has 1 N–H and O–H groups in total. The molecule has 0 spiro atoms. The van der Waals surface area contributed by atoms with Crippen molar-refractivity contribution in [2.45, 2.75) is 32.1 Å². The van der Waals surface area contributed by atoms with Gasteiger partial charge in [-0.15, -0.1) is 0 Å². The molecule has 7 heteroatoms. The summed E-state index contributed by atoms with van der Waals surface area (Å²) in [4.78, 5) is 14.5. The SMILES string of the molecule is OCCCCCOc1nc(Cl)nc(N2CCCC2)n1. The Hall–Kier alpha value is -1.14. The molecule has 2 rings (SSSR count). The van der Waals surface area contributed by atoms with Crippen molar-refractivity contribution < 1.29 is 9.84 Å². The predicted octanol–water partition coefficient (Wildman–Crippen LogP) is 1.67. The van der Waals surface area contributed by atoms with Crippen molar-refractivity contribution in [2.75, 3.05) is 31.2 Å². The number of aliphatic hydroxyl groups is 1. The van der Waals surface area contributed by atoms with Crippen LogP contribution in [0.3, 0.4) is 0 Å². The zero-order chi connectivity index (χ0) is 13.5. The van der Waals surface area contributed by atoms with Gasteiger partial charge in [0.25, 0.3) is 0 Å². The van der Waals surface area contributed by atoms with Gasteiger partial charge in [0.1, 0.15) is 0 Å². The standard InChI is InChI=1S/C12H19ClN4O2/c13-10-14-11(17-6-2-3-7-17)16-12(15-10)19-9-5-1-4-8-18/h18H,1-9H2. The zero-order valence-electron chi connectivity index (χ0n) is 10.9. The van der Waals surface area contributed by atoms with Crippen LogP contribution in [0.4, 0.5) is 5.95 Å². The summed E-state index contributed by atoms with van der Waals surface area (Å²) in [5.74, 6) is 0.600. The molecule has 6 nitrogen and oxygen atoms in total. The Bertz CT molecular complexity index is 399. The molecule has 0 aliphatic carbocycles. The van der Waals surface area contributed by atoms with E-state index in [1.807, 2.05) is 0 Å². The maximum absolute atomic E-state index is 8.68. The summed E-state index contributed by atoms with van der Waals surface area (Å²) < 4.78 is 5.48. The number of rotatable bonds is 7. The molecule has 1 aliphatic rings. The Labute approximate surface area is 117 Å². The number of aliphatic hydroxyl groups excluding tert-OH is 1. The molecule has 0 aromatic carbocycles. The summed E-state index contributed by atoms with van der Waals surface area (Å²) in [7, 11) is 0. The van der Waals surface area contributed by atoms with Gasteiger partial charge < -0.3 is 14.7 Å². The zero-order valence-corrected chi connectivity index (χ0v) is 11.6. The van der Waals surface area contributed by atoms with Gasteiger partial charge in [-0.2, -0.15) is 15.0 Å². The summed E-state index contributed by atoms with van der Waals surface area (Å²) in [5.41, 5.74) is 0. The van der Waals surface area contributed by atoms with Gasteiger partial charge in [-0.1, -0.05) is 0 Å². The molecule has 1 fully saturated rings. The molecule has 1 aliphatic heterocycles. The molecule has 0 amide bonds. The van der Waals surface area contributed by atoms with Crippen molar-refractivity contribution in [3.8, 4) is 6.01 Å². The van der Waals surface area contributed by atoms with Gasteiger partial charge in [0.05, 0.1) is 6.61 Å². The monoisotopic (exact) mass is 286 g/mol. The summed E-state index contributed by atoms with van der Waals surface area (Å²) >= 11 is 5.89. The molecule has 1 aromatic heterocycles. The van der Waals surface area contributed by atoms with Crippen LogP contribution in [-0.2, 0) is 0 Å². The fraction of sp³-hybridized carbons (Fsp3) is 0.750. The van der Waals surface area contributed by atoms with Crippen LogP contribution >= 0.6 is 11.6 Å². The molecule has 0 unspecified atom stereocenters. The van der Waals surface area contributed by atoms with Crippen LogP contribution in [0.1, 0.15) is 32.1 Å². The third-order valence-corrected chi connectivity index (χ3v) is 3.17. The van der Waals surface area contributed by atoms with E-state index in [0.717, 1.165) is 45.2 Å². The minimum Gasteiger partial charge on any atom is -0.463 e. The Morgan fingerprint density at radius 3 is 2.63 bits per heavy atom. The van der Waals surface area contributed by atoms with Gasteiger partial charge in [0.2, 0.25) is 11.2 Å². The van der Waals surface area contributed by atoms with Crippen molar-refractivity contribution in [3.63, 3.8) is 0 Å². The lowest BCUT2D eigenvalue weighted by Crippen LogP contribution is -2.21. The first-order valence-electron chi connectivity index (χ1n) is 6.70. The van der Waals surface area contributed by atoms with Gasteiger partial charge in [0.15, 0.2) is 0 Å². The van der Waals surface area contributed by atoms with E-state index >= 15 is 0 Å². The lowest BCUT2D eigenvalue weighted by Gasteiger charge is -2.15. The molecule has 0 radical (unpaired) electrons. The largest absolute Gasteiger partial charge is 0.463 e. The van der Waals surface area contributed by atoms with Gasteiger partial charge in [-0.25, -0.2) is 0 Å². The minimum atomic E-state index is 0.169. The molecule has 0 atom stereocenters. The van der Waals surface area contributed by atoms with Crippen molar-refractivity contribution in [2.24, 2.45) is 0 Å². The number of aromatic nitrogens is 3. The maximum Gasteiger partial charge on any atom is 0.322 e. The third kappa shape index (κ3) is 4.47. The van der Waals surface area contributed by atoms with E-state index < -0.39 is 0 Å². The van der Waals surface area contributed by atoms with Crippen molar-refractivity contribution in [3.05, 3.63) is 5.28 Å². The number of ether oxygens (including phenoxy) is 1. The molecule has 1 saturated heterocycles. The van der Waals surface area contributed by atoms with Crippen molar-refractivity contribution in [1.82, 2.24) is 15.0 Å². The van der Waals surface area contributed by atoms with E-state index in [9.17, 15) is 0 Å². The van der Waals surface area contributed by atoms with E-state index in [1.54, 1.807) is 0 Å². The van der Waals surface area contributed by atoms with E-state index in [2.05, 4.69) is 19.9 Å². The van der Waals surface area contributed by atoms with Crippen LogP contribution in [0.5, 0.6) is 6.01 Å². The second-order valence-corrected chi connectivity index (χ2v) is 4.85. The van der Waals surface area contributed by atoms with Gasteiger partial charge in [0, 0.05) is 19.7 Å². The Balaban J connectivity index is 1.89. The summed E-state index contributed by atoms with van der Waals surface area (Å²) in [5, 5.41) is 8.85. The van der Waals surface area contributed by atoms with Crippen LogP contribution in [0.2, 0.25) is 5.28 Å². The summed E-state index contributed by atoms with van der Waals surface area (Å²) in [6.07, 6.45) is 4.89. The summed E-state index contributed by atoms with van der Waals surface area (Å²) in [6.45, 7) is 2.66. The highest BCUT2D eigenvalue weighted by molar-refractivity contribution is 6.28. The number of hydrogen-bond donors (Lipinski definition) is 1. The molecule has 1 aromatic rings. The normalized spacial score (nSPS) is 14.9. The first kappa shape index (κ1) is 14.3. The van der Waals surface area contributed by atoms with Crippen LogP contribution in [0.25, 0.3) is 0 Å². The molecular weight excluding hydrogens is 268 g/mol. The van der Waals surface area contributed by atoms with Gasteiger partial charge in [-0.3, -0.25) is 0 Å². The lowest BCUT2D eigenvalue weighted by molar-refractivity contribution is 0.257. The van der Waals surface area contributed by atoms with Gasteiger partial charge in [-0.05, 0) is 43.7 Å².